The first-order valence-electron chi connectivity index (χ1n) is 5.76. The molecule has 0 atom stereocenters. The van der Waals surface area contributed by atoms with Crippen molar-refractivity contribution in [3.05, 3.63) is 0 Å². The van der Waals surface area contributed by atoms with E-state index in [-0.39, 0.29) is 11.6 Å². The summed E-state index contributed by atoms with van der Waals surface area (Å²) < 4.78 is 5.24. The van der Waals surface area contributed by atoms with Gasteiger partial charge in [0.25, 0.3) is 0 Å². The number of nitrogens with zero attached hydrogens (tertiary/aromatic N) is 2. The molecule has 0 spiro atoms. The van der Waals surface area contributed by atoms with Crippen molar-refractivity contribution >= 4 is 5.97 Å². The fourth-order valence-corrected chi connectivity index (χ4v) is 1.16. The Morgan fingerprint density at radius 1 is 1.06 bits per heavy atom. The molecule has 0 aliphatic heterocycles. The van der Waals surface area contributed by atoms with E-state index in [9.17, 15) is 4.79 Å². The van der Waals surface area contributed by atoms with Gasteiger partial charge >= 0.3 is 5.97 Å². The van der Waals surface area contributed by atoms with Crippen LogP contribution in [0.4, 0.5) is 0 Å². The summed E-state index contributed by atoms with van der Waals surface area (Å²) in [5.74, 6) is -0.121. The Kier molecular flexibility index (Phi) is 6.60. The first-order valence-corrected chi connectivity index (χ1v) is 5.76. The summed E-state index contributed by atoms with van der Waals surface area (Å²) in [6.45, 7) is 8.39. The standard InChI is InChI=1S/C12H26N2O2/c1-12(2,3)16-11(15)7-8-14(6)10-9-13(4)5/h7-10H2,1-6H3. The van der Waals surface area contributed by atoms with Crippen molar-refractivity contribution in [1.29, 1.82) is 0 Å². The molecule has 0 aromatic heterocycles. The van der Waals surface area contributed by atoms with E-state index in [2.05, 4.69) is 9.80 Å². The largest absolute Gasteiger partial charge is 0.460 e. The van der Waals surface area contributed by atoms with Crippen LogP contribution in [0.3, 0.4) is 0 Å². The third-order valence-corrected chi connectivity index (χ3v) is 2.05. The van der Waals surface area contributed by atoms with E-state index < -0.39 is 0 Å². The van der Waals surface area contributed by atoms with Crippen LogP contribution < -0.4 is 0 Å². The summed E-state index contributed by atoms with van der Waals surface area (Å²) in [5, 5.41) is 0. The van der Waals surface area contributed by atoms with Gasteiger partial charge in [0.1, 0.15) is 5.60 Å². The second-order valence-corrected chi connectivity index (χ2v) is 5.44. The van der Waals surface area contributed by atoms with Crippen LogP contribution >= 0.6 is 0 Å². The van der Waals surface area contributed by atoms with Gasteiger partial charge in [-0.1, -0.05) is 0 Å². The molecule has 0 saturated heterocycles. The molecule has 4 nitrogen and oxygen atoms in total. The molecule has 0 amide bonds. The third kappa shape index (κ3) is 9.93. The molecule has 0 saturated carbocycles. The Bertz CT molecular complexity index is 210. The molecule has 0 aromatic carbocycles. The van der Waals surface area contributed by atoms with Gasteiger partial charge in [-0.25, -0.2) is 0 Å². The molecular weight excluding hydrogens is 204 g/mol. The zero-order valence-electron chi connectivity index (χ0n) is 11.5. The summed E-state index contributed by atoms with van der Waals surface area (Å²) >= 11 is 0. The van der Waals surface area contributed by atoms with Crippen molar-refractivity contribution in [2.45, 2.75) is 32.8 Å². The van der Waals surface area contributed by atoms with Gasteiger partial charge in [0, 0.05) is 19.6 Å². The maximum atomic E-state index is 11.4. The normalized spacial score (nSPS) is 12.2. The Balaban J connectivity index is 3.67. The van der Waals surface area contributed by atoms with Crippen LogP contribution in [0.15, 0.2) is 0 Å². The van der Waals surface area contributed by atoms with Crippen molar-refractivity contribution in [1.82, 2.24) is 9.80 Å². The van der Waals surface area contributed by atoms with Crippen LogP contribution in [-0.2, 0) is 9.53 Å². The van der Waals surface area contributed by atoms with Crippen LogP contribution in [0.5, 0.6) is 0 Å². The van der Waals surface area contributed by atoms with Gasteiger partial charge in [-0.3, -0.25) is 4.79 Å². The lowest BCUT2D eigenvalue weighted by Gasteiger charge is -2.22. The summed E-state index contributed by atoms with van der Waals surface area (Å²) in [4.78, 5) is 15.7. The number of hydrogen-bond acceptors (Lipinski definition) is 4. The average molecular weight is 230 g/mol. The van der Waals surface area contributed by atoms with Gasteiger partial charge in [-0.2, -0.15) is 0 Å². The lowest BCUT2D eigenvalue weighted by atomic mass is 10.2. The molecule has 0 N–H and O–H groups in total. The highest BCUT2D eigenvalue weighted by Crippen LogP contribution is 2.08. The Hall–Kier alpha value is -0.610. The van der Waals surface area contributed by atoms with Crippen LogP contribution in [0.1, 0.15) is 27.2 Å². The SMILES string of the molecule is CN(C)CCN(C)CCC(=O)OC(C)(C)C. The minimum atomic E-state index is -0.376. The molecule has 0 aliphatic carbocycles. The fourth-order valence-electron chi connectivity index (χ4n) is 1.16. The number of hydrogen-bond donors (Lipinski definition) is 0. The fraction of sp³-hybridized carbons (Fsp3) is 0.917. The zero-order valence-corrected chi connectivity index (χ0v) is 11.5. The molecule has 0 fully saturated rings. The van der Waals surface area contributed by atoms with Crippen LogP contribution in [0.25, 0.3) is 0 Å². The minimum Gasteiger partial charge on any atom is -0.460 e. The number of esters is 1. The van der Waals surface area contributed by atoms with Crippen molar-refractivity contribution in [3.8, 4) is 0 Å². The van der Waals surface area contributed by atoms with Gasteiger partial charge in [0.05, 0.1) is 6.42 Å². The number of likely N-dealkylation sites (N-methyl/N-ethyl adjacent to an activating group) is 2. The van der Waals surface area contributed by atoms with E-state index in [1.165, 1.54) is 0 Å². The van der Waals surface area contributed by atoms with Crippen LogP contribution in [-0.4, -0.2) is 62.1 Å². The summed E-state index contributed by atoms with van der Waals surface area (Å²) in [6.07, 6.45) is 0.460. The van der Waals surface area contributed by atoms with E-state index in [1.54, 1.807) is 0 Å². The molecule has 0 aliphatic rings. The Labute approximate surface area is 99.5 Å². The second kappa shape index (κ2) is 6.86. The number of carbonyl (C=O) groups is 1. The van der Waals surface area contributed by atoms with E-state index in [4.69, 9.17) is 4.74 Å². The van der Waals surface area contributed by atoms with E-state index in [0.29, 0.717) is 6.42 Å². The molecule has 16 heavy (non-hydrogen) atoms. The molecule has 0 heterocycles. The van der Waals surface area contributed by atoms with Gasteiger partial charge < -0.3 is 14.5 Å². The van der Waals surface area contributed by atoms with Crippen molar-refractivity contribution in [2.24, 2.45) is 0 Å². The molecule has 0 unspecified atom stereocenters. The lowest BCUT2D eigenvalue weighted by molar-refractivity contribution is -0.155. The van der Waals surface area contributed by atoms with Crippen molar-refractivity contribution < 1.29 is 9.53 Å². The first kappa shape index (κ1) is 15.4. The first-order chi connectivity index (χ1) is 7.20. The quantitative estimate of drug-likeness (QED) is 0.642. The summed E-state index contributed by atoms with van der Waals surface area (Å²) in [7, 11) is 6.11. The highest BCUT2D eigenvalue weighted by molar-refractivity contribution is 5.70. The Morgan fingerprint density at radius 3 is 2.06 bits per heavy atom. The number of ether oxygens (including phenoxy) is 1. The molecule has 96 valence electrons. The van der Waals surface area contributed by atoms with Crippen LogP contribution in [0.2, 0.25) is 0 Å². The van der Waals surface area contributed by atoms with Crippen molar-refractivity contribution in [2.75, 3.05) is 40.8 Å². The lowest BCUT2D eigenvalue weighted by Crippen LogP contribution is -2.31. The predicted molar refractivity (Wildman–Crippen MR) is 66.5 cm³/mol. The zero-order chi connectivity index (χ0) is 12.8. The molecular formula is C12H26N2O2. The average Bonchev–Trinajstić information content (AvgIpc) is 2.08. The van der Waals surface area contributed by atoms with E-state index in [0.717, 1.165) is 19.6 Å². The van der Waals surface area contributed by atoms with Gasteiger partial charge in [-0.05, 0) is 41.9 Å². The molecule has 0 rings (SSSR count). The highest BCUT2D eigenvalue weighted by Gasteiger charge is 2.16. The third-order valence-electron chi connectivity index (χ3n) is 2.05. The monoisotopic (exact) mass is 230 g/mol. The number of carbonyl (C=O) groups excluding carboxylic acids is 1. The predicted octanol–water partition coefficient (Wildman–Crippen LogP) is 1.21. The maximum Gasteiger partial charge on any atom is 0.307 e. The Morgan fingerprint density at radius 2 is 1.62 bits per heavy atom. The minimum absolute atomic E-state index is 0.121. The highest BCUT2D eigenvalue weighted by atomic mass is 16.6. The van der Waals surface area contributed by atoms with Gasteiger partial charge in [0.15, 0.2) is 0 Å². The second-order valence-electron chi connectivity index (χ2n) is 5.44. The molecule has 0 bridgehead atoms. The molecule has 0 radical (unpaired) electrons. The topological polar surface area (TPSA) is 32.8 Å². The number of rotatable bonds is 6. The van der Waals surface area contributed by atoms with E-state index in [1.807, 2.05) is 41.9 Å². The maximum absolute atomic E-state index is 11.4. The molecule has 0 aromatic rings. The van der Waals surface area contributed by atoms with Crippen LogP contribution in [0, 0.1) is 0 Å². The summed E-state index contributed by atoms with van der Waals surface area (Å²) in [5.41, 5.74) is -0.376. The molecule has 4 heteroatoms. The van der Waals surface area contributed by atoms with Crippen molar-refractivity contribution in [3.63, 3.8) is 0 Å². The van der Waals surface area contributed by atoms with Gasteiger partial charge in [0.2, 0.25) is 0 Å². The summed E-state index contributed by atoms with van der Waals surface area (Å²) in [6, 6.07) is 0. The van der Waals surface area contributed by atoms with E-state index >= 15 is 0 Å². The van der Waals surface area contributed by atoms with Gasteiger partial charge in [-0.15, -0.1) is 0 Å². The smallest absolute Gasteiger partial charge is 0.307 e.